The van der Waals surface area contributed by atoms with Crippen molar-refractivity contribution in [3.8, 4) is 11.8 Å². The van der Waals surface area contributed by atoms with E-state index < -0.39 is 62.4 Å². The van der Waals surface area contributed by atoms with Gasteiger partial charge in [0.15, 0.2) is 47.1 Å². The third-order valence-corrected chi connectivity index (χ3v) is 7.98. The third-order valence-electron chi connectivity index (χ3n) is 7.98. The molecule has 0 unspecified atom stereocenters. The summed E-state index contributed by atoms with van der Waals surface area (Å²) in [6.07, 6.45) is -3.95. The number of alkyl halides is 2. The van der Waals surface area contributed by atoms with E-state index in [1.807, 2.05) is 12.1 Å². The summed E-state index contributed by atoms with van der Waals surface area (Å²) in [5.41, 5.74) is 2.43. The molecule has 2 saturated heterocycles. The fourth-order valence-corrected chi connectivity index (χ4v) is 5.50. The first-order valence-corrected chi connectivity index (χ1v) is 15.1. The van der Waals surface area contributed by atoms with Crippen molar-refractivity contribution in [1.29, 1.82) is 0 Å². The van der Waals surface area contributed by atoms with Gasteiger partial charge in [0.2, 0.25) is 5.88 Å². The van der Waals surface area contributed by atoms with E-state index in [1.54, 1.807) is 18.2 Å². The Morgan fingerprint density at radius 3 is 1.92 bits per heavy atom. The minimum Gasteiger partial charge on any atom is -0.472 e. The fraction of sp³-hybridized carbons (Fsp3) is 0.379. The molecule has 21 heteroatoms. The third kappa shape index (κ3) is 5.84. The number of imidazole rings is 2. The zero-order valence-electron chi connectivity index (χ0n) is 25.7. The first kappa shape index (κ1) is 33.2. The second-order valence-electron chi connectivity index (χ2n) is 11.0. The summed E-state index contributed by atoms with van der Waals surface area (Å²) in [6, 6.07) is 7.21. The number of aliphatic hydroxyl groups is 4. The minimum absolute atomic E-state index is 0.0899. The van der Waals surface area contributed by atoms with E-state index in [0.29, 0.717) is 22.2 Å². The number of hydrogen-bond donors (Lipinski definition) is 4. The molecule has 1 aromatic carbocycles. The van der Waals surface area contributed by atoms with Crippen LogP contribution in [-0.4, -0.2) is 131 Å². The zero-order valence-corrected chi connectivity index (χ0v) is 25.7. The number of hydrogen-bond acceptors (Lipinski definition) is 16. The van der Waals surface area contributed by atoms with Crippen molar-refractivity contribution < 1.29 is 48.3 Å². The van der Waals surface area contributed by atoms with Crippen molar-refractivity contribution >= 4 is 33.4 Å². The van der Waals surface area contributed by atoms with Gasteiger partial charge < -0.3 is 39.5 Å². The molecule has 0 spiro atoms. The SMILES string of the molecule is C=CCOc1ncnc2c1ncn2[C@@H]1O[C@H](CO)[C@@H](O)[C@H]1F.OC[C@H]1O[C@@H](n2cnc3c(On4nnc5ccccc54)ncnc32)[C@H](F)[C@@H]1O. The number of nitrogens with zero attached hydrogens (tertiary/aromatic N) is 11. The summed E-state index contributed by atoms with van der Waals surface area (Å²) in [6.45, 7) is 2.81. The van der Waals surface area contributed by atoms with Gasteiger partial charge >= 0.3 is 0 Å². The minimum atomic E-state index is -1.76. The molecule has 0 amide bonds. The van der Waals surface area contributed by atoms with Crippen LogP contribution in [0.4, 0.5) is 8.78 Å². The second-order valence-corrected chi connectivity index (χ2v) is 11.0. The highest BCUT2D eigenvalue weighted by molar-refractivity contribution is 5.77. The molecule has 2 aliphatic heterocycles. The van der Waals surface area contributed by atoms with Gasteiger partial charge in [-0.1, -0.05) is 29.6 Å². The van der Waals surface area contributed by atoms with Gasteiger partial charge in [-0.05, 0) is 17.3 Å². The molecule has 19 nitrogen and oxygen atoms in total. The zero-order chi connectivity index (χ0) is 34.9. The molecule has 8 rings (SSSR count). The van der Waals surface area contributed by atoms with Crippen LogP contribution in [0.1, 0.15) is 12.5 Å². The molecule has 2 aliphatic rings. The lowest BCUT2D eigenvalue weighted by molar-refractivity contribution is -0.0459. The molecule has 6 aromatic rings. The maximum Gasteiger partial charge on any atom is 0.280 e. The van der Waals surface area contributed by atoms with E-state index in [4.69, 9.17) is 24.2 Å². The van der Waals surface area contributed by atoms with Crippen molar-refractivity contribution in [2.75, 3.05) is 19.8 Å². The number of benzene rings is 1. The summed E-state index contributed by atoms with van der Waals surface area (Å²) in [4.78, 5) is 31.4. The normalized spacial score (nSPS) is 26.4. The van der Waals surface area contributed by atoms with Gasteiger partial charge in [0.1, 0.15) is 54.7 Å². The largest absolute Gasteiger partial charge is 0.472 e. The highest BCUT2D eigenvalue weighted by Crippen LogP contribution is 2.35. The van der Waals surface area contributed by atoms with E-state index in [0.717, 1.165) is 0 Å². The highest BCUT2D eigenvalue weighted by Gasteiger charge is 2.46. The molecular formula is C29H29F2N11O8. The molecule has 4 N–H and O–H groups in total. The van der Waals surface area contributed by atoms with Gasteiger partial charge in [-0.2, -0.15) is 9.97 Å². The molecule has 5 aromatic heterocycles. The lowest BCUT2D eigenvalue weighted by Gasteiger charge is -2.14. The van der Waals surface area contributed by atoms with Crippen molar-refractivity contribution in [1.82, 2.24) is 54.2 Å². The van der Waals surface area contributed by atoms with E-state index >= 15 is 0 Å². The Kier molecular flexibility index (Phi) is 9.22. The molecule has 0 saturated carbocycles. The summed E-state index contributed by atoms with van der Waals surface area (Å²) in [5.74, 6) is 0.336. The van der Waals surface area contributed by atoms with Crippen LogP contribution in [0, 0.1) is 0 Å². The summed E-state index contributed by atoms with van der Waals surface area (Å²) < 4.78 is 47.4. The van der Waals surface area contributed by atoms with Crippen LogP contribution in [-0.2, 0) is 9.47 Å². The van der Waals surface area contributed by atoms with Crippen LogP contribution in [0.5, 0.6) is 11.8 Å². The van der Waals surface area contributed by atoms with Crippen LogP contribution in [0.2, 0.25) is 0 Å². The molecule has 0 radical (unpaired) electrons. The number of rotatable bonds is 9. The van der Waals surface area contributed by atoms with E-state index in [9.17, 15) is 24.1 Å². The van der Waals surface area contributed by atoms with Crippen LogP contribution in [0.25, 0.3) is 33.4 Å². The highest BCUT2D eigenvalue weighted by atomic mass is 19.1. The average Bonchev–Trinajstić information content (AvgIpc) is 3.97. The Bertz CT molecular complexity index is 2110. The first-order valence-electron chi connectivity index (χ1n) is 15.1. The molecule has 262 valence electrons. The number of para-hydroxylation sites is 1. The van der Waals surface area contributed by atoms with Crippen molar-refractivity contribution in [2.45, 2.75) is 49.2 Å². The lowest BCUT2D eigenvalue weighted by atomic mass is 10.1. The standard InChI is InChI=1S/C16H14FN7O4.C13H15FN4O4/c17-11-13(26)10(5-25)27-16(11)23-7-20-12-14(23)18-6-19-15(12)28-24-9-4-2-1-3-8(9)21-22-24;1-2-3-21-12-9-11(15-5-16-12)18(6-17-9)13-8(14)10(20)7(4-19)22-13/h1-4,6-7,10-11,13,16,25-26H,5H2;2,5-8,10,13,19-20H,1,3-4H2/t10-,11-,13-,16-;7-,8-,10-,13-/m11/s1. The Morgan fingerprint density at radius 1 is 0.800 bits per heavy atom. The van der Waals surface area contributed by atoms with Crippen LogP contribution >= 0.6 is 0 Å². The van der Waals surface area contributed by atoms with Gasteiger partial charge in [-0.25, -0.2) is 28.7 Å². The number of ether oxygens (including phenoxy) is 3. The summed E-state index contributed by atoms with van der Waals surface area (Å²) in [5, 5.41) is 45.8. The maximum absolute atomic E-state index is 14.5. The molecule has 0 aliphatic carbocycles. The van der Waals surface area contributed by atoms with Crippen molar-refractivity contribution in [2.24, 2.45) is 0 Å². The number of aromatic nitrogens is 11. The Hall–Kier alpha value is -5.32. The predicted molar refractivity (Wildman–Crippen MR) is 164 cm³/mol. The summed E-state index contributed by atoms with van der Waals surface area (Å²) >= 11 is 0. The van der Waals surface area contributed by atoms with Gasteiger partial charge in [0.05, 0.1) is 25.9 Å². The summed E-state index contributed by atoms with van der Waals surface area (Å²) in [7, 11) is 0. The quantitative estimate of drug-likeness (QED) is 0.145. The monoisotopic (exact) mass is 697 g/mol. The number of fused-ring (bicyclic) bond motifs is 3. The van der Waals surface area contributed by atoms with E-state index in [1.165, 1.54) is 39.3 Å². The first-order chi connectivity index (χ1) is 24.3. The van der Waals surface area contributed by atoms with Crippen LogP contribution in [0.3, 0.4) is 0 Å². The number of halogens is 2. The fourth-order valence-electron chi connectivity index (χ4n) is 5.50. The molecule has 50 heavy (non-hydrogen) atoms. The van der Waals surface area contributed by atoms with Gasteiger partial charge in [-0.15, -0.1) is 5.10 Å². The van der Waals surface area contributed by atoms with Gasteiger partial charge in [0, 0.05) is 0 Å². The van der Waals surface area contributed by atoms with Crippen molar-refractivity contribution in [3.63, 3.8) is 0 Å². The molecule has 7 heterocycles. The van der Waals surface area contributed by atoms with Crippen molar-refractivity contribution in [3.05, 3.63) is 62.2 Å². The van der Waals surface area contributed by atoms with Gasteiger partial charge in [-0.3, -0.25) is 9.13 Å². The Labute approximate surface area is 279 Å². The lowest BCUT2D eigenvalue weighted by Crippen LogP contribution is -2.30. The second kappa shape index (κ2) is 13.9. The van der Waals surface area contributed by atoms with E-state index in [2.05, 4.69) is 46.8 Å². The molecule has 2 fully saturated rings. The predicted octanol–water partition coefficient (Wildman–Crippen LogP) is -0.0184. The Balaban J connectivity index is 0.000000162. The van der Waals surface area contributed by atoms with Gasteiger partial charge in [0.25, 0.3) is 5.88 Å². The molecular weight excluding hydrogens is 668 g/mol. The number of aliphatic hydroxyl groups excluding tert-OH is 4. The van der Waals surface area contributed by atoms with Crippen LogP contribution < -0.4 is 9.57 Å². The van der Waals surface area contributed by atoms with Crippen LogP contribution in [0.15, 0.2) is 62.2 Å². The van der Waals surface area contributed by atoms with E-state index in [-0.39, 0.29) is 29.5 Å². The topological polar surface area (TPSA) is 236 Å². The molecule has 8 atom stereocenters. The Morgan fingerprint density at radius 2 is 1.36 bits per heavy atom. The smallest absolute Gasteiger partial charge is 0.280 e. The average molecular weight is 698 g/mol. The molecule has 0 bridgehead atoms. The maximum atomic E-state index is 14.5.